The Morgan fingerprint density at radius 3 is 2.58 bits per heavy atom. The molecule has 0 bridgehead atoms. The Bertz CT molecular complexity index is 625. The van der Waals surface area contributed by atoms with Crippen LogP contribution in [0.5, 0.6) is 5.75 Å². The summed E-state index contributed by atoms with van der Waals surface area (Å²) >= 11 is 0. The summed E-state index contributed by atoms with van der Waals surface area (Å²) in [7, 11) is 0. The molecule has 3 heterocycles. The number of nitrogens with zero attached hydrogens (tertiary/aromatic N) is 2. The van der Waals surface area contributed by atoms with Crippen molar-refractivity contribution in [2.75, 3.05) is 69.7 Å². The molecule has 0 aromatic heterocycles. The highest BCUT2D eigenvalue weighted by Crippen LogP contribution is 2.36. The van der Waals surface area contributed by atoms with Crippen molar-refractivity contribution in [2.45, 2.75) is 18.9 Å². The smallest absolute Gasteiger partial charge is 0.262 e. The normalized spacial score (nSPS) is 22.4. The lowest BCUT2D eigenvalue weighted by atomic mass is 10.0. The summed E-state index contributed by atoms with van der Waals surface area (Å²) in [4.78, 5) is 16.5. The maximum absolute atomic E-state index is 11.5. The van der Waals surface area contributed by atoms with Crippen molar-refractivity contribution >= 4 is 17.3 Å². The lowest BCUT2D eigenvalue weighted by Crippen LogP contribution is -2.45. The number of piperidine rings is 1. The quantitative estimate of drug-likeness (QED) is 0.823. The van der Waals surface area contributed by atoms with E-state index in [0.717, 1.165) is 82.4 Å². The van der Waals surface area contributed by atoms with Crippen LogP contribution in [0.1, 0.15) is 12.8 Å². The average Bonchev–Trinajstić information content (AvgIpc) is 2.68. The van der Waals surface area contributed by atoms with Crippen LogP contribution in [0.3, 0.4) is 0 Å². The van der Waals surface area contributed by atoms with E-state index >= 15 is 0 Å². The Morgan fingerprint density at radius 1 is 1.08 bits per heavy atom. The first-order valence-corrected chi connectivity index (χ1v) is 9.62. The largest absolute Gasteiger partial charge is 0.479 e. The van der Waals surface area contributed by atoms with E-state index < -0.39 is 0 Å². The van der Waals surface area contributed by atoms with Crippen LogP contribution < -0.4 is 15.4 Å². The third kappa shape index (κ3) is 4.28. The van der Waals surface area contributed by atoms with E-state index in [1.54, 1.807) is 0 Å². The zero-order valence-corrected chi connectivity index (χ0v) is 15.2. The zero-order chi connectivity index (χ0) is 17.8. The zero-order valence-electron chi connectivity index (χ0n) is 15.2. The molecule has 7 nitrogen and oxygen atoms in total. The number of amides is 1. The second kappa shape index (κ2) is 8.24. The van der Waals surface area contributed by atoms with Gasteiger partial charge in [-0.15, -0.1) is 0 Å². The van der Waals surface area contributed by atoms with Crippen LogP contribution in [0.4, 0.5) is 11.4 Å². The van der Waals surface area contributed by atoms with Crippen LogP contribution in [0.15, 0.2) is 18.2 Å². The number of likely N-dealkylation sites (tertiary alicyclic amines) is 1. The SMILES string of the molecule is O=C1COc2c(cccc2NC2CCN(CCN3CCOCC3)CC2)N1. The molecule has 0 spiro atoms. The van der Waals surface area contributed by atoms with Crippen LogP contribution in [0.2, 0.25) is 0 Å². The minimum Gasteiger partial charge on any atom is -0.479 e. The average molecular weight is 360 g/mol. The molecule has 2 N–H and O–H groups in total. The van der Waals surface area contributed by atoms with Gasteiger partial charge in [-0.05, 0) is 25.0 Å². The third-order valence-electron chi connectivity index (χ3n) is 5.42. The number of nitrogens with one attached hydrogen (secondary N) is 2. The number of fused-ring (bicyclic) bond motifs is 1. The van der Waals surface area contributed by atoms with Gasteiger partial charge in [0.2, 0.25) is 0 Å². The highest BCUT2D eigenvalue weighted by Gasteiger charge is 2.23. The van der Waals surface area contributed by atoms with E-state index in [9.17, 15) is 4.79 Å². The van der Waals surface area contributed by atoms with E-state index in [-0.39, 0.29) is 12.5 Å². The molecule has 1 aromatic carbocycles. The Morgan fingerprint density at radius 2 is 1.81 bits per heavy atom. The van der Waals surface area contributed by atoms with Gasteiger partial charge in [0.1, 0.15) is 0 Å². The van der Waals surface area contributed by atoms with Crippen molar-refractivity contribution in [1.82, 2.24) is 9.80 Å². The molecule has 3 aliphatic heterocycles. The minimum atomic E-state index is -0.0942. The molecular formula is C19H28N4O3. The van der Waals surface area contributed by atoms with Gasteiger partial charge in [0.25, 0.3) is 5.91 Å². The summed E-state index contributed by atoms with van der Waals surface area (Å²) in [5, 5.41) is 6.49. The van der Waals surface area contributed by atoms with Crippen molar-refractivity contribution in [2.24, 2.45) is 0 Å². The number of benzene rings is 1. The maximum Gasteiger partial charge on any atom is 0.262 e. The van der Waals surface area contributed by atoms with E-state index in [2.05, 4.69) is 20.4 Å². The molecule has 4 rings (SSSR count). The van der Waals surface area contributed by atoms with Crippen LogP contribution in [0.25, 0.3) is 0 Å². The maximum atomic E-state index is 11.5. The topological polar surface area (TPSA) is 66.1 Å². The van der Waals surface area contributed by atoms with Gasteiger partial charge in [-0.1, -0.05) is 6.07 Å². The Hall–Kier alpha value is -1.83. The van der Waals surface area contributed by atoms with Gasteiger partial charge in [0.15, 0.2) is 12.4 Å². The number of hydrogen-bond acceptors (Lipinski definition) is 6. The number of ether oxygens (including phenoxy) is 2. The summed E-state index contributed by atoms with van der Waals surface area (Å²) in [6.45, 7) is 8.48. The summed E-state index contributed by atoms with van der Waals surface area (Å²) in [5.41, 5.74) is 1.74. The second-order valence-electron chi connectivity index (χ2n) is 7.23. The Kier molecular flexibility index (Phi) is 5.57. The fraction of sp³-hybridized carbons (Fsp3) is 0.632. The monoisotopic (exact) mass is 360 g/mol. The fourth-order valence-electron chi connectivity index (χ4n) is 3.86. The van der Waals surface area contributed by atoms with Crippen molar-refractivity contribution in [3.05, 3.63) is 18.2 Å². The molecule has 0 aliphatic carbocycles. The van der Waals surface area contributed by atoms with E-state index in [0.29, 0.717) is 6.04 Å². The van der Waals surface area contributed by atoms with Crippen molar-refractivity contribution in [3.63, 3.8) is 0 Å². The van der Waals surface area contributed by atoms with E-state index in [1.165, 1.54) is 0 Å². The van der Waals surface area contributed by atoms with Gasteiger partial charge in [0.05, 0.1) is 24.6 Å². The Labute approximate surface area is 154 Å². The standard InChI is InChI=1S/C19H28N4O3/c24-18-14-26-19-16(2-1-3-17(19)21-18)20-15-4-6-22(7-5-15)8-9-23-10-12-25-13-11-23/h1-3,15,20H,4-14H2,(H,21,24). The van der Waals surface area contributed by atoms with E-state index in [4.69, 9.17) is 9.47 Å². The molecule has 1 aromatic rings. The molecule has 26 heavy (non-hydrogen) atoms. The number of anilines is 2. The minimum absolute atomic E-state index is 0.0890. The number of rotatable bonds is 5. The number of carbonyl (C=O) groups is 1. The summed E-state index contributed by atoms with van der Waals surface area (Å²) in [6.07, 6.45) is 2.25. The molecule has 142 valence electrons. The lowest BCUT2D eigenvalue weighted by Gasteiger charge is -2.35. The molecule has 2 saturated heterocycles. The number of carbonyl (C=O) groups excluding carboxylic acids is 1. The predicted octanol–water partition coefficient (Wildman–Crippen LogP) is 1.23. The molecule has 3 aliphatic rings. The lowest BCUT2D eigenvalue weighted by molar-refractivity contribution is -0.118. The van der Waals surface area contributed by atoms with Crippen molar-refractivity contribution < 1.29 is 14.3 Å². The van der Waals surface area contributed by atoms with Crippen molar-refractivity contribution in [1.29, 1.82) is 0 Å². The van der Waals surface area contributed by atoms with Gasteiger partial charge in [-0.2, -0.15) is 0 Å². The Balaban J connectivity index is 1.25. The van der Waals surface area contributed by atoms with Crippen molar-refractivity contribution in [3.8, 4) is 5.75 Å². The second-order valence-corrected chi connectivity index (χ2v) is 7.23. The van der Waals surface area contributed by atoms with Crippen LogP contribution in [-0.2, 0) is 9.53 Å². The molecule has 0 atom stereocenters. The van der Waals surface area contributed by atoms with E-state index in [1.807, 2.05) is 18.2 Å². The van der Waals surface area contributed by atoms with Gasteiger partial charge >= 0.3 is 0 Å². The summed E-state index contributed by atoms with van der Waals surface area (Å²) in [5.74, 6) is 0.671. The third-order valence-corrected chi connectivity index (χ3v) is 5.42. The van der Waals surface area contributed by atoms with Crippen LogP contribution in [0, 0.1) is 0 Å². The van der Waals surface area contributed by atoms with Crippen LogP contribution >= 0.6 is 0 Å². The molecule has 0 radical (unpaired) electrons. The first kappa shape index (κ1) is 17.6. The summed E-state index contributed by atoms with van der Waals surface area (Å²) in [6, 6.07) is 6.31. The number of morpholine rings is 1. The molecule has 7 heteroatoms. The van der Waals surface area contributed by atoms with Crippen LogP contribution in [-0.4, -0.2) is 80.8 Å². The number of hydrogen-bond donors (Lipinski definition) is 2. The first-order valence-electron chi connectivity index (χ1n) is 9.62. The molecule has 1 amide bonds. The first-order chi connectivity index (χ1) is 12.8. The van der Waals surface area contributed by atoms with Gasteiger partial charge in [-0.3, -0.25) is 9.69 Å². The number of para-hydroxylation sites is 1. The van der Waals surface area contributed by atoms with Gasteiger partial charge < -0.3 is 25.0 Å². The fourth-order valence-corrected chi connectivity index (χ4v) is 3.86. The molecular weight excluding hydrogens is 332 g/mol. The van der Waals surface area contributed by atoms with Gasteiger partial charge in [0, 0.05) is 45.3 Å². The highest BCUT2D eigenvalue weighted by atomic mass is 16.5. The highest BCUT2D eigenvalue weighted by molar-refractivity contribution is 5.97. The molecule has 0 saturated carbocycles. The predicted molar refractivity (Wildman–Crippen MR) is 101 cm³/mol. The molecule has 0 unspecified atom stereocenters. The van der Waals surface area contributed by atoms with Gasteiger partial charge in [-0.25, -0.2) is 0 Å². The molecule has 2 fully saturated rings. The summed E-state index contributed by atoms with van der Waals surface area (Å²) < 4.78 is 11.0.